The number of carboxylic acid groups (broad SMARTS) is 1. The maximum atomic E-state index is 10.5. The van der Waals surface area contributed by atoms with E-state index in [-0.39, 0.29) is 12.8 Å². The van der Waals surface area contributed by atoms with Crippen molar-refractivity contribution in [1.29, 1.82) is 0 Å². The van der Waals surface area contributed by atoms with Crippen LogP contribution in [0.5, 0.6) is 0 Å². The summed E-state index contributed by atoms with van der Waals surface area (Å²) in [6.07, 6.45) is 6.12. The van der Waals surface area contributed by atoms with Gasteiger partial charge in [-0.15, -0.1) is 0 Å². The minimum Gasteiger partial charge on any atom is -0.481 e. The number of benzene rings is 1. The highest BCUT2D eigenvalue weighted by Gasteiger charge is 2.16. The third-order valence-electron chi connectivity index (χ3n) is 4.03. The summed E-state index contributed by atoms with van der Waals surface area (Å²) in [6, 6.07) is 8.07. The van der Waals surface area contributed by atoms with Gasteiger partial charge in [-0.05, 0) is 36.3 Å². The van der Waals surface area contributed by atoms with Crippen LogP contribution in [0.2, 0.25) is 0 Å². The van der Waals surface area contributed by atoms with Crippen molar-refractivity contribution in [1.82, 2.24) is 0 Å². The Bertz CT molecular complexity index is 405. The van der Waals surface area contributed by atoms with E-state index < -0.39 is 12.1 Å². The van der Waals surface area contributed by atoms with Crippen LogP contribution in [-0.2, 0) is 4.79 Å². The van der Waals surface area contributed by atoms with Gasteiger partial charge in [-0.2, -0.15) is 0 Å². The fourth-order valence-corrected chi connectivity index (χ4v) is 2.85. The highest BCUT2D eigenvalue weighted by molar-refractivity contribution is 5.66. The monoisotopic (exact) mass is 262 g/mol. The lowest BCUT2D eigenvalue weighted by Crippen LogP contribution is -2.05. The van der Waals surface area contributed by atoms with Gasteiger partial charge in [0, 0.05) is 6.42 Å². The Labute approximate surface area is 114 Å². The second kappa shape index (κ2) is 6.71. The van der Waals surface area contributed by atoms with Crippen LogP contribution in [0.25, 0.3) is 0 Å². The first kappa shape index (κ1) is 14.1. The van der Waals surface area contributed by atoms with Crippen molar-refractivity contribution in [3.05, 3.63) is 35.4 Å². The molecule has 0 aliphatic heterocycles. The molecular weight excluding hydrogens is 240 g/mol. The number of aliphatic hydroxyl groups excluding tert-OH is 1. The van der Waals surface area contributed by atoms with Crippen molar-refractivity contribution in [2.75, 3.05) is 0 Å². The zero-order valence-electron chi connectivity index (χ0n) is 11.2. The highest BCUT2D eigenvalue weighted by atomic mass is 16.4. The fourth-order valence-electron chi connectivity index (χ4n) is 2.85. The molecule has 1 saturated carbocycles. The van der Waals surface area contributed by atoms with Gasteiger partial charge in [0.1, 0.15) is 0 Å². The maximum Gasteiger partial charge on any atom is 0.303 e. The summed E-state index contributed by atoms with van der Waals surface area (Å²) in [7, 11) is 0. The van der Waals surface area contributed by atoms with E-state index in [1.807, 2.05) is 12.1 Å². The molecule has 0 aromatic heterocycles. The fraction of sp³-hybridized carbons (Fsp3) is 0.562. The second-order valence-electron chi connectivity index (χ2n) is 5.45. The van der Waals surface area contributed by atoms with Crippen molar-refractivity contribution in [2.24, 2.45) is 0 Å². The van der Waals surface area contributed by atoms with Gasteiger partial charge in [-0.1, -0.05) is 43.5 Å². The molecule has 0 bridgehead atoms. The van der Waals surface area contributed by atoms with Crippen molar-refractivity contribution >= 4 is 5.97 Å². The third kappa shape index (κ3) is 4.06. The average Bonchev–Trinajstić information content (AvgIpc) is 2.46. The quantitative estimate of drug-likeness (QED) is 0.851. The molecule has 0 heterocycles. The molecule has 0 saturated heterocycles. The molecular formula is C16H22O3. The van der Waals surface area contributed by atoms with Crippen LogP contribution < -0.4 is 0 Å². The summed E-state index contributed by atoms with van der Waals surface area (Å²) < 4.78 is 0. The Hall–Kier alpha value is -1.35. The zero-order chi connectivity index (χ0) is 13.7. The summed E-state index contributed by atoms with van der Waals surface area (Å²) in [5.74, 6) is -0.197. The molecule has 2 rings (SSSR count). The van der Waals surface area contributed by atoms with Crippen LogP contribution in [0.15, 0.2) is 24.3 Å². The predicted octanol–water partition coefficient (Wildman–Crippen LogP) is 3.63. The molecule has 3 heteroatoms. The lowest BCUT2D eigenvalue weighted by Gasteiger charge is -2.22. The number of hydrogen-bond donors (Lipinski definition) is 2. The molecule has 2 N–H and O–H groups in total. The molecule has 3 nitrogen and oxygen atoms in total. The van der Waals surface area contributed by atoms with Crippen molar-refractivity contribution < 1.29 is 15.0 Å². The van der Waals surface area contributed by atoms with E-state index in [1.54, 1.807) is 0 Å². The molecule has 1 aliphatic rings. The van der Waals surface area contributed by atoms with Gasteiger partial charge in [0.25, 0.3) is 0 Å². The summed E-state index contributed by atoms with van der Waals surface area (Å²) >= 11 is 0. The van der Waals surface area contributed by atoms with E-state index in [0.717, 1.165) is 5.56 Å². The Morgan fingerprint density at radius 1 is 1.16 bits per heavy atom. The van der Waals surface area contributed by atoms with E-state index in [1.165, 1.54) is 37.7 Å². The van der Waals surface area contributed by atoms with E-state index in [9.17, 15) is 9.90 Å². The molecule has 1 unspecified atom stereocenters. The van der Waals surface area contributed by atoms with Crippen LogP contribution in [0.4, 0.5) is 0 Å². The molecule has 1 fully saturated rings. The topological polar surface area (TPSA) is 57.5 Å². The molecule has 104 valence electrons. The number of aliphatic carboxylic acids is 1. The first-order valence-electron chi connectivity index (χ1n) is 7.16. The summed E-state index contributed by atoms with van der Waals surface area (Å²) in [5.41, 5.74) is 2.18. The molecule has 0 radical (unpaired) electrons. The number of carboxylic acids is 1. The SMILES string of the molecule is O=C(O)CCC(O)c1ccc(C2CCCCC2)cc1. The number of hydrogen-bond acceptors (Lipinski definition) is 2. The molecule has 1 aromatic rings. The summed E-state index contributed by atoms with van der Waals surface area (Å²) in [6.45, 7) is 0. The van der Waals surface area contributed by atoms with E-state index in [0.29, 0.717) is 5.92 Å². The van der Waals surface area contributed by atoms with Gasteiger partial charge in [0.15, 0.2) is 0 Å². The second-order valence-corrected chi connectivity index (χ2v) is 5.45. The Morgan fingerprint density at radius 2 is 1.79 bits per heavy atom. The summed E-state index contributed by atoms with van der Waals surface area (Å²) in [5, 5.41) is 18.5. The molecule has 0 spiro atoms. The molecule has 1 atom stereocenters. The van der Waals surface area contributed by atoms with E-state index in [4.69, 9.17) is 5.11 Å². The lowest BCUT2D eigenvalue weighted by molar-refractivity contribution is -0.137. The molecule has 19 heavy (non-hydrogen) atoms. The summed E-state index contributed by atoms with van der Waals surface area (Å²) in [4.78, 5) is 10.5. The number of aliphatic hydroxyl groups is 1. The Balaban J connectivity index is 1.95. The van der Waals surface area contributed by atoms with Crippen LogP contribution >= 0.6 is 0 Å². The van der Waals surface area contributed by atoms with Crippen molar-refractivity contribution in [3.8, 4) is 0 Å². The molecule has 1 aromatic carbocycles. The first-order chi connectivity index (χ1) is 9.16. The van der Waals surface area contributed by atoms with E-state index >= 15 is 0 Å². The van der Waals surface area contributed by atoms with Gasteiger partial charge in [0.2, 0.25) is 0 Å². The first-order valence-corrected chi connectivity index (χ1v) is 7.16. The van der Waals surface area contributed by atoms with Crippen molar-refractivity contribution in [2.45, 2.75) is 57.0 Å². The third-order valence-corrected chi connectivity index (χ3v) is 4.03. The number of rotatable bonds is 5. The van der Waals surface area contributed by atoms with Gasteiger partial charge >= 0.3 is 5.97 Å². The van der Waals surface area contributed by atoms with Crippen LogP contribution in [0.1, 0.15) is 68.1 Å². The maximum absolute atomic E-state index is 10.5. The van der Waals surface area contributed by atoms with Gasteiger partial charge in [-0.25, -0.2) is 0 Å². The van der Waals surface area contributed by atoms with Gasteiger partial charge in [-0.3, -0.25) is 4.79 Å². The highest BCUT2D eigenvalue weighted by Crippen LogP contribution is 2.33. The van der Waals surface area contributed by atoms with Crippen LogP contribution in [-0.4, -0.2) is 16.2 Å². The lowest BCUT2D eigenvalue weighted by atomic mass is 9.83. The van der Waals surface area contributed by atoms with Crippen molar-refractivity contribution in [3.63, 3.8) is 0 Å². The minimum absolute atomic E-state index is 0.00550. The van der Waals surface area contributed by atoms with Gasteiger partial charge in [0.05, 0.1) is 6.10 Å². The molecule has 1 aliphatic carbocycles. The smallest absolute Gasteiger partial charge is 0.303 e. The predicted molar refractivity (Wildman–Crippen MR) is 74.1 cm³/mol. The Morgan fingerprint density at radius 3 is 2.37 bits per heavy atom. The van der Waals surface area contributed by atoms with E-state index in [2.05, 4.69) is 12.1 Å². The van der Waals surface area contributed by atoms with Crippen LogP contribution in [0.3, 0.4) is 0 Å². The average molecular weight is 262 g/mol. The molecule has 0 amide bonds. The zero-order valence-corrected chi connectivity index (χ0v) is 11.2. The Kier molecular flexibility index (Phi) is 4.97. The minimum atomic E-state index is -0.863. The van der Waals surface area contributed by atoms with Gasteiger partial charge < -0.3 is 10.2 Å². The standard InChI is InChI=1S/C16H22O3/c17-15(10-11-16(18)19)14-8-6-13(7-9-14)12-4-2-1-3-5-12/h6-9,12,15,17H,1-5,10-11H2,(H,18,19). The number of carbonyl (C=O) groups is 1. The van der Waals surface area contributed by atoms with Crippen LogP contribution in [0, 0.1) is 0 Å². The normalized spacial score (nSPS) is 18.2. The largest absolute Gasteiger partial charge is 0.481 e.